The van der Waals surface area contributed by atoms with Gasteiger partial charge in [0.1, 0.15) is 13.2 Å². The molecule has 1 N–H and O–H groups in total. The summed E-state index contributed by atoms with van der Waals surface area (Å²) in [6.45, 7) is 4.81. The fraction of sp³-hybridized carbons (Fsp3) is 0.789. The Hall–Kier alpha value is -3.79. The Morgan fingerprint density at radius 1 is 0.313 bits per heavy atom. The Bertz CT molecular complexity index is 1960. The molecule has 0 saturated heterocycles. The third kappa shape index (κ3) is 81.4. The highest BCUT2D eigenvalue weighted by molar-refractivity contribution is 5.71. The van der Waals surface area contributed by atoms with Gasteiger partial charge in [-0.1, -0.05) is 387 Å². The van der Waals surface area contributed by atoms with E-state index < -0.39 is 24.3 Å². The molecule has 0 spiro atoms. The molecule has 0 bridgehead atoms. The maximum absolute atomic E-state index is 13.0. The molecule has 2 atom stereocenters. The summed E-state index contributed by atoms with van der Waals surface area (Å²) < 4.78 is 23.1. The zero-order valence-electron chi connectivity index (χ0n) is 65.9. The number of carbonyl (C=O) groups excluding carboxylic acids is 2. The smallest absolute Gasteiger partial charge is 0.361 e. The van der Waals surface area contributed by atoms with Crippen LogP contribution < -0.4 is 0 Å². The predicted octanol–water partition coefficient (Wildman–Crippen LogP) is 27.5. The van der Waals surface area contributed by atoms with Crippen molar-refractivity contribution in [3.05, 3.63) is 97.2 Å². The highest BCUT2D eigenvalue weighted by Crippen LogP contribution is 2.20. The van der Waals surface area contributed by atoms with E-state index in [1.807, 2.05) is 21.1 Å². The van der Waals surface area contributed by atoms with Crippen molar-refractivity contribution in [2.75, 3.05) is 47.5 Å². The van der Waals surface area contributed by atoms with E-state index in [4.69, 9.17) is 18.9 Å². The van der Waals surface area contributed by atoms with Crippen LogP contribution in [-0.4, -0.2) is 87.4 Å². The van der Waals surface area contributed by atoms with Crippen molar-refractivity contribution in [3.8, 4) is 0 Å². The molecule has 9 heteroatoms. The highest BCUT2D eigenvalue weighted by Gasteiger charge is 2.25. The second-order valence-electron chi connectivity index (χ2n) is 29.8. The Morgan fingerprint density at radius 2 is 0.576 bits per heavy atom. The molecule has 0 fully saturated rings. The van der Waals surface area contributed by atoms with Gasteiger partial charge in [0.05, 0.1) is 34.4 Å². The van der Waals surface area contributed by atoms with Gasteiger partial charge in [0.15, 0.2) is 6.10 Å². The lowest BCUT2D eigenvalue weighted by molar-refractivity contribution is -0.870. The first kappa shape index (κ1) is 95.2. The third-order valence-corrected chi connectivity index (χ3v) is 18.8. The number of hydrogen-bond acceptors (Lipinski definition) is 7. The lowest BCUT2D eigenvalue weighted by atomic mass is 10.0. The number of carboxylic acid groups (broad SMARTS) is 1. The molecule has 99 heavy (non-hydrogen) atoms. The van der Waals surface area contributed by atoms with E-state index in [9.17, 15) is 19.5 Å². The number of nitrogens with zero attached hydrogens (tertiary/aromatic N) is 1. The number of hydrogen-bond donors (Lipinski definition) is 1. The number of carbonyl (C=O) groups is 3. The van der Waals surface area contributed by atoms with E-state index in [1.165, 1.54) is 276 Å². The van der Waals surface area contributed by atoms with Crippen LogP contribution in [0.15, 0.2) is 97.2 Å². The zero-order chi connectivity index (χ0) is 71.8. The van der Waals surface area contributed by atoms with Crippen LogP contribution in [0.5, 0.6) is 0 Å². The van der Waals surface area contributed by atoms with Gasteiger partial charge in [-0.05, 0) is 96.3 Å². The monoisotopic (exact) mass is 1390 g/mol. The Morgan fingerprint density at radius 3 is 0.869 bits per heavy atom. The van der Waals surface area contributed by atoms with Gasteiger partial charge in [0.2, 0.25) is 0 Å². The molecular weight excluding hydrogens is 1220 g/mol. The minimum atomic E-state index is -1.52. The Labute approximate surface area is 613 Å². The predicted molar refractivity (Wildman–Crippen MR) is 429 cm³/mol. The van der Waals surface area contributed by atoms with Crippen LogP contribution >= 0.6 is 0 Å². The van der Waals surface area contributed by atoms with E-state index in [-0.39, 0.29) is 32.2 Å². The molecule has 2 unspecified atom stereocenters. The second kappa shape index (κ2) is 79.9. The van der Waals surface area contributed by atoms with Crippen LogP contribution in [0.25, 0.3) is 0 Å². The number of esters is 2. The van der Waals surface area contributed by atoms with E-state index in [1.54, 1.807) is 0 Å². The van der Waals surface area contributed by atoms with Crippen molar-refractivity contribution in [3.63, 3.8) is 0 Å². The maximum Gasteiger partial charge on any atom is 0.361 e. The van der Waals surface area contributed by atoms with Crippen LogP contribution in [0.2, 0.25) is 0 Å². The molecule has 0 rings (SSSR count). The standard InChI is InChI=1S/C90H161NO8/c1-6-8-10-12-14-16-18-20-22-24-26-28-30-32-34-36-38-40-41-42-43-44-45-46-47-49-50-52-54-56-58-60-62-64-66-68-70-72-74-76-78-80-87(92)97-84-86(85-98-90(89(94)95)96-83-82-91(3,4)5)99-88(93)81-79-77-75-73-71-69-67-65-63-61-59-57-55-53-51-48-39-37-35-33-31-29-27-25-23-21-19-17-15-13-11-9-7-2/h9,11,15,17,21,23-24,26-27,29,33,35,39,48,53,55,86,90H,6-8,10,12-14,16,18-20,22,25,28,30-32,34,36-38,40-47,49-52,54,56-85H2,1-5H3/p+1/b11-9-,17-15-,23-21-,26-24-,29-27-,35-33-,48-39-,55-53-. The summed E-state index contributed by atoms with van der Waals surface area (Å²) >= 11 is 0. The summed E-state index contributed by atoms with van der Waals surface area (Å²) in [6, 6.07) is 0. The summed E-state index contributed by atoms with van der Waals surface area (Å²) in [6.07, 6.45) is 109. The topological polar surface area (TPSA) is 108 Å². The maximum atomic E-state index is 13.0. The lowest BCUT2D eigenvalue weighted by Gasteiger charge is -2.25. The SMILES string of the molecule is CC/C=C\C/C=C\C/C=C\C/C=C\C/C=C\C/C=C\C/C=C\CCCCCCCCCCCCCC(=O)OC(COC(=O)CCCCCCCCCCCCCCCCCCCCCCCCCCCCCCC/C=C\CCCCCCCCCC)COC(OCC[N+](C)(C)C)C(=O)O. The van der Waals surface area contributed by atoms with Gasteiger partial charge in [0.25, 0.3) is 6.29 Å². The van der Waals surface area contributed by atoms with Gasteiger partial charge in [-0.2, -0.15) is 0 Å². The number of allylic oxidation sites excluding steroid dienone is 16. The van der Waals surface area contributed by atoms with Crippen LogP contribution in [0.1, 0.15) is 399 Å². The zero-order valence-corrected chi connectivity index (χ0v) is 65.9. The normalized spacial score (nSPS) is 13.1. The first-order valence-corrected chi connectivity index (χ1v) is 42.4. The number of rotatable bonds is 79. The number of aliphatic carboxylic acids is 1. The van der Waals surface area contributed by atoms with Crippen LogP contribution in [0, 0.1) is 0 Å². The van der Waals surface area contributed by atoms with Crippen LogP contribution in [0.4, 0.5) is 0 Å². The number of ether oxygens (including phenoxy) is 4. The molecule has 574 valence electrons. The molecule has 0 aromatic heterocycles. The summed E-state index contributed by atoms with van der Waals surface area (Å²) in [7, 11) is 5.99. The number of likely N-dealkylation sites (N-methyl/N-ethyl adjacent to an activating group) is 1. The van der Waals surface area contributed by atoms with Gasteiger partial charge in [-0.3, -0.25) is 9.59 Å². The molecule has 0 heterocycles. The van der Waals surface area contributed by atoms with E-state index >= 15 is 0 Å². The average Bonchev–Trinajstić information content (AvgIpc) is 1.57. The lowest BCUT2D eigenvalue weighted by Crippen LogP contribution is -2.40. The van der Waals surface area contributed by atoms with Crippen molar-refractivity contribution in [2.24, 2.45) is 0 Å². The summed E-state index contributed by atoms with van der Waals surface area (Å²) in [5.41, 5.74) is 0. The van der Waals surface area contributed by atoms with E-state index in [2.05, 4.69) is 111 Å². The fourth-order valence-corrected chi connectivity index (χ4v) is 12.4. The number of quaternary nitrogens is 1. The molecule has 0 amide bonds. The van der Waals surface area contributed by atoms with Crippen molar-refractivity contribution in [1.82, 2.24) is 0 Å². The van der Waals surface area contributed by atoms with Crippen LogP contribution in [-0.2, 0) is 33.3 Å². The Balaban J connectivity index is 3.97. The van der Waals surface area contributed by atoms with Crippen LogP contribution in [0.3, 0.4) is 0 Å². The minimum Gasteiger partial charge on any atom is -0.477 e. The summed E-state index contributed by atoms with van der Waals surface area (Å²) in [5, 5.41) is 9.78. The first-order chi connectivity index (χ1) is 48.6. The van der Waals surface area contributed by atoms with Crippen molar-refractivity contribution in [2.45, 2.75) is 411 Å². The molecule has 0 aliphatic rings. The van der Waals surface area contributed by atoms with Gasteiger partial charge in [0, 0.05) is 12.8 Å². The first-order valence-electron chi connectivity index (χ1n) is 42.4. The molecule has 0 aliphatic carbocycles. The quantitative estimate of drug-likeness (QED) is 0.0211. The largest absolute Gasteiger partial charge is 0.477 e. The van der Waals surface area contributed by atoms with Crippen molar-refractivity contribution < 1.29 is 42.9 Å². The molecule has 0 radical (unpaired) electrons. The van der Waals surface area contributed by atoms with Crippen molar-refractivity contribution >= 4 is 17.9 Å². The van der Waals surface area contributed by atoms with Gasteiger partial charge < -0.3 is 28.5 Å². The molecule has 0 aliphatic heterocycles. The van der Waals surface area contributed by atoms with Gasteiger partial charge in [-0.15, -0.1) is 0 Å². The third-order valence-electron chi connectivity index (χ3n) is 18.8. The molecule has 0 aromatic carbocycles. The fourth-order valence-electron chi connectivity index (χ4n) is 12.4. The molecule has 0 aromatic rings. The summed E-state index contributed by atoms with van der Waals surface area (Å²) in [5.74, 6) is -1.99. The number of unbranched alkanes of at least 4 members (excludes halogenated alkanes) is 48. The number of carboxylic acids is 1. The van der Waals surface area contributed by atoms with Gasteiger partial charge in [-0.25, -0.2) is 4.79 Å². The van der Waals surface area contributed by atoms with E-state index in [0.717, 1.165) is 89.9 Å². The highest BCUT2D eigenvalue weighted by atomic mass is 16.7. The second-order valence-corrected chi connectivity index (χ2v) is 29.8. The van der Waals surface area contributed by atoms with E-state index in [0.29, 0.717) is 23.9 Å². The summed E-state index contributed by atoms with van der Waals surface area (Å²) in [4.78, 5) is 37.8. The van der Waals surface area contributed by atoms with Gasteiger partial charge >= 0.3 is 17.9 Å². The minimum absolute atomic E-state index is 0.183. The molecule has 0 saturated carbocycles. The Kier molecular flexibility index (Phi) is 76.8. The average molecular weight is 1390 g/mol. The molecular formula is C90H162NO8+. The van der Waals surface area contributed by atoms with Crippen molar-refractivity contribution in [1.29, 1.82) is 0 Å². The molecule has 9 nitrogen and oxygen atoms in total.